The van der Waals surface area contributed by atoms with Crippen molar-refractivity contribution in [3.8, 4) is 11.5 Å². The Kier molecular flexibility index (Phi) is 12.7. The van der Waals surface area contributed by atoms with Gasteiger partial charge in [0.05, 0.1) is 6.54 Å². The molecule has 0 saturated heterocycles. The molecule has 208 valence electrons. The lowest BCUT2D eigenvalue weighted by molar-refractivity contribution is -0.149. The predicted molar refractivity (Wildman–Crippen MR) is 155 cm³/mol. The number of hydrogen-bond acceptors (Lipinski definition) is 6. The molecule has 8 heteroatoms. The third-order valence-electron chi connectivity index (χ3n) is 5.90. The van der Waals surface area contributed by atoms with Gasteiger partial charge in [-0.2, -0.15) is 11.8 Å². The van der Waals surface area contributed by atoms with Crippen molar-refractivity contribution in [3.05, 3.63) is 95.6 Å². The van der Waals surface area contributed by atoms with Gasteiger partial charge in [-0.05, 0) is 67.0 Å². The predicted octanol–water partition coefficient (Wildman–Crippen LogP) is 6.23. The van der Waals surface area contributed by atoms with E-state index in [1.807, 2.05) is 67.2 Å². The summed E-state index contributed by atoms with van der Waals surface area (Å²) in [6.45, 7) is 5.31. The first-order valence-corrected chi connectivity index (χ1v) is 14.3. The molecule has 1 atom stereocenters. The van der Waals surface area contributed by atoms with Crippen LogP contribution in [-0.4, -0.2) is 60.2 Å². The quantitative estimate of drug-likeness (QED) is 0.211. The van der Waals surface area contributed by atoms with Crippen LogP contribution in [0.5, 0.6) is 11.5 Å². The third kappa shape index (κ3) is 11.0. The molecule has 3 rings (SSSR count). The van der Waals surface area contributed by atoms with E-state index in [9.17, 15) is 14.7 Å². The van der Waals surface area contributed by atoms with Crippen molar-refractivity contribution >= 4 is 23.8 Å². The molecular weight excluding hydrogens is 514 g/mol. The van der Waals surface area contributed by atoms with Crippen molar-refractivity contribution in [2.45, 2.75) is 38.5 Å². The second-order valence-corrected chi connectivity index (χ2v) is 10.1. The highest BCUT2D eigenvalue weighted by molar-refractivity contribution is 7.98. The summed E-state index contributed by atoms with van der Waals surface area (Å²) in [6, 6.07) is 25.0. The van der Waals surface area contributed by atoms with Gasteiger partial charge in [0.25, 0.3) is 0 Å². The summed E-state index contributed by atoms with van der Waals surface area (Å²) in [6.07, 6.45) is -0.159. The lowest BCUT2D eigenvalue weighted by Crippen LogP contribution is -2.37. The topological polar surface area (TPSA) is 85.3 Å². The molecule has 0 radical (unpaired) electrons. The number of rotatable bonds is 16. The van der Waals surface area contributed by atoms with Gasteiger partial charge < -0.3 is 24.2 Å². The largest absolute Gasteiger partial charge is 0.492 e. The molecule has 1 amide bonds. The van der Waals surface area contributed by atoms with Crippen LogP contribution in [0.1, 0.15) is 30.0 Å². The number of carboxylic acid groups (broad SMARTS) is 1. The molecule has 0 bridgehead atoms. The van der Waals surface area contributed by atoms with Crippen LogP contribution in [0.3, 0.4) is 0 Å². The molecule has 7 nitrogen and oxygen atoms in total. The van der Waals surface area contributed by atoms with Crippen LogP contribution in [-0.2, 0) is 21.7 Å². The maximum Gasteiger partial charge on any atom is 0.415 e. The van der Waals surface area contributed by atoms with E-state index < -0.39 is 18.2 Å². The highest BCUT2D eigenvalue weighted by Crippen LogP contribution is 2.17. The van der Waals surface area contributed by atoms with Gasteiger partial charge in [-0.25, -0.2) is 9.59 Å². The summed E-state index contributed by atoms with van der Waals surface area (Å²) in [5.41, 5.74) is 3.15. The summed E-state index contributed by atoms with van der Waals surface area (Å²) in [5, 5.41) is 9.29. The SMILES string of the molecule is CCOC(Cc1ccc(OCCN(CCCSCc2ccccc2)C(=O)Oc2cccc(C)c2)cc1)C(=O)O. The van der Waals surface area contributed by atoms with Crippen molar-refractivity contribution in [1.29, 1.82) is 0 Å². The van der Waals surface area contributed by atoms with E-state index in [0.717, 1.165) is 29.1 Å². The number of carbonyl (C=O) groups excluding carboxylic acids is 1. The average Bonchev–Trinajstić information content (AvgIpc) is 2.93. The van der Waals surface area contributed by atoms with Gasteiger partial charge in [0.15, 0.2) is 6.10 Å². The molecule has 1 unspecified atom stereocenters. The van der Waals surface area contributed by atoms with Crippen LogP contribution in [0.15, 0.2) is 78.9 Å². The first-order valence-electron chi connectivity index (χ1n) is 13.2. The van der Waals surface area contributed by atoms with E-state index in [4.69, 9.17) is 14.2 Å². The fraction of sp³-hybridized carbons (Fsp3) is 0.355. The number of aliphatic carboxylic acids is 1. The minimum absolute atomic E-state index is 0.282. The number of carbonyl (C=O) groups is 2. The first-order chi connectivity index (χ1) is 18.9. The molecule has 3 aromatic carbocycles. The number of carboxylic acids is 1. The minimum Gasteiger partial charge on any atom is -0.492 e. The fourth-order valence-electron chi connectivity index (χ4n) is 3.89. The standard InChI is InChI=1S/C31H37NO6S/c1-3-36-29(30(33)34)22-25-13-15-27(16-14-25)37-19-18-32(31(35)38-28-12-7-9-24(2)21-28)17-8-20-39-23-26-10-5-4-6-11-26/h4-7,9-16,21,29H,3,8,17-20,22-23H2,1-2H3,(H,33,34). The summed E-state index contributed by atoms with van der Waals surface area (Å²) >= 11 is 1.84. The van der Waals surface area contributed by atoms with Crippen LogP contribution in [0, 0.1) is 6.92 Å². The van der Waals surface area contributed by atoms with Crippen molar-refractivity contribution in [1.82, 2.24) is 4.90 Å². The number of hydrogen-bond donors (Lipinski definition) is 1. The molecule has 0 aliphatic rings. The maximum absolute atomic E-state index is 13.0. The van der Waals surface area contributed by atoms with Crippen LogP contribution in [0.4, 0.5) is 4.79 Å². The second-order valence-electron chi connectivity index (χ2n) is 9.04. The highest BCUT2D eigenvalue weighted by atomic mass is 32.2. The Labute approximate surface area is 235 Å². The summed E-state index contributed by atoms with van der Waals surface area (Å²) in [7, 11) is 0. The molecule has 1 N–H and O–H groups in total. The fourth-order valence-corrected chi connectivity index (χ4v) is 4.79. The van der Waals surface area contributed by atoms with Gasteiger partial charge in [-0.15, -0.1) is 0 Å². The Bertz CT molecular complexity index is 1160. The molecule has 0 aliphatic heterocycles. The molecule has 0 heterocycles. The molecule has 0 fully saturated rings. The summed E-state index contributed by atoms with van der Waals surface area (Å²) in [4.78, 5) is 26.0. The normalized spacial score (nSPS) is 11.5. The summed E-state index contributed by atoms with van der Waals surface area (Å²) < 4.78 is 16.8. The zero-order chi connectivity index (χ0) is 27.9. The average molecular weight is 552 g/mol. The number of amides is 1. The maximum atomic E-state index is 13.0. The molecule has 0 spiro atoms. The van der Waals surface area contributed by atoms with Crippen molar-refractivity contribution in [2.75, 3.05) is 32.1 Å². The van der Waals surface area contributed by atoms with Crippen molar-refractivity contribution in [2.24, 2.45) is 0 Å². The Morgan fingerprint density at radius 2 is 1.69 bits per heavy atom. The van der Waals surface area contributed by atoms with E-state index in [-0.39, 0.29) is 6.42 Å². The lowest BCUT2D eigenvalue weighted by Gasteiger charge is -2.22. The van der Waals surface area contributed by atoms with Gasteiger partial charge in [0.2, 0.25) is 0 Å². The van der Waals surface area contributed by atoms with Gasteiger partial charge >= 0.3 is 12.1 Å². The smallest absolute Gasteiger partial charge is 0.415 e. The Balaban J connectivity index is 1.51. The van der Waals surface area contributed by atoms with Crippen molar-refractivity contribution < 1.29 is 28.9 Å². The molecule has 0 aliphatic carbocycles. The number of nitrogens with zero attached hydrogens (tertiary/aromatic N) is 1. The lowest BCUT2D eigenvalue weighted by atomic mass is 10.1. The number of thioether (sulfide) groups is 1. The molecule has 39 heavy (non-hydrogen) atoms. The highest BCUT2D eigenvalue weighted by Gasteiger charge is 2.18. The summed E-state index contributed by atoms with van der Waals surface area (Å²) in [5.74, 6) is 2.04. The van der Waals surface area contributed by atoms with E-state index in [1.54, 1.807) is 30.0 Å². The second kappa shape index (κ2) is 16.5. The molecular formula is C31H37NO6S. The van der Waals surface area contributed by atoms with Crippen LogP contribution in [0.2, 0.25) is 0 Å². The Morgan fingerprint density at radius 1 is 0.923 bits per heavy atom. The van der Waals surface area contributed by atoms with Gasteiger partial charge in [0, 0.05) is 25.3 Å². The number of ether oxygens (including phenoxy) is 3. The van der Waals surface area contributed by atoms with Crippen LogP contribution < -0.4 is 9.47 Å². The van der Waals surface area contributed by atoms with E-state index >= 15 is 0 Å². The van der Waals surface area contributed by atoms with E-state index in [0.29, 0.717) is 37.8 Å². The molecule has 3 aromatic rings. The van der Waals surface area contributed by atoms with Crippen LogP contribution >= 0.6 is 11.8 Å². The van der Waals surface area contributed by atoms with Crippen molar-refractivity contribution in [3.63, 3.8) is 0 Å². The molecule has 0 aromatic heterocycles. The Hall–Kier alpha value is -3.49. The van der Waals surface area contributed by atoms with E-state index in [1.165, 1.54) is 5.56 Å². The van der Waals surface area contributed by atoms with E-state index in [2.05, 4.69) is 12.1 Å². The van der Waals surface area contributed by atoms with Crippen LogP contribution in [0.25, 0.3) is 0 Å². The zero-order valence-electron chi connectivity index (χ0n) is 22.6. The zero-order valence-corrected chi connectivity index (χ0v) is 23.4. The van der Waals surface area contributed by atoms with Gasteiger partial charge in [-0.3, -0.25) is 0 Å². The van der Waals surface area contributed by atoms with Gasteiger partial charge in [0.1, 0.15) is 18.1 Å². The third-order valence-corrected chi connectivity index (χ3v) is 7.01. The monoisotopic (exact) mass is 551 g/mol. The Morgan fingerprint density at radius 3 is 2.38 bits per heavy atom. The first kappa shape index (κ1) is 30.1. The minimum atomic E-state index is -0.978. The number of aryl methyl sites for hydroxylation is 1. The van der Waals surface area contributed by atoms with Gasteiger partial charge in [-0.1, -0.05) is 54.6 Å². The molecule has 0 saturated carbocycles. The number of benzene rings is 3.